The standard InChI is InChI=1S/C20H18N4O4/c1-27-17-10-6-5-9-16(17)24-20-21-11-13(12-22-20)18(25)23-15-8-4-3-7-14(15)19(26)28-2/h3-12H,1-2H3,(H,23,25)(H,21,22,24). The summed E-state index contributed by atoms with van der Waals surface area (Å²) in [6.07, 6.45) is 2.78. The van der Waals surface area contributed by atoms with E-state index < -0.39 is 11.9 Å². The lowest BCUT2D eigenvalue weighted by molar-refractivity contribution is 0.0602. The van der Waals surface area contributed by atoms with Crippen LogP contribution in [-0.4, -0.2) is 36.1 Å². The van der Waals surface area contributed by atoms with Crippen LogP contribution in [0.15, 0.2) is 60.9 Å². The largest absolute Gasteiger partial charge is 0.495 e. The molecule has 3 aromatic rings. The van der Waals surface area contributed by atoms with Gasteiger partial charge in [0.05, 0.1) is 36.7 Å². The van der Waals surface area contributed by atoms with Gasteiger partial charge in [-0.1, -0.05) is 24.3 Å². The second-order valence-corrected chi connectivity index (χ2v) is 5.61. The zero-order valence-corrected chi connectivity index (χ0v) is 15.3. The maximum atomic E-state index is 12.5. The van der Waals surface area contributed by atoms with Crippen LogP contribution < -0.4 is 15.4 Å². The molecule has 0 saturated heterocycles. The lowest BCUT2D eigenvalue weighted by Gasteiger charge is -2.11. The number of benzene rings is 2. The van der Waals surface area contributed by atoms with Gasteiger partial charge in [-0.3, -0.25) is 4.79 Å². The average molecular weight is 378 g/mol. The molecule has 2 aromatic carbocycles. The molecule has 0 aliphatic heterocycles. The van der Waals surface area contributed by atoms with E-state index in [1.807, 2.05) is 24.3 Å². The van der Waals surface area contributed by atoms with Gasteiger partial charge in [-0.15, -0.1) is 0 Å². The van der Waals surface area contributed by atoms with E-state index in [1.165, 1.54) is 19.5 Å². The first-order valence-electron chi connectivity index (χ1n) is 8.33. The van der Waals surface area contributed by atoms with Gasteiger partial charge >= 0.3 is 5.97 Å². The number of carbonyl (C=O) groups is 2. The van der Waals surface area contributed by atoms with Gasteiger partial charge in [-0.05, 0) is 24.3 Å². The van der Waals surface area contributed by atoms with Crippen LogP contribution in [0.25, 0.3) is 0 Å². The third-order valence-corrected chi connectivity index (χ3v) is 3.85. The van der Waals surface area contributed by atoms with Gasteiger partial charge in [0.25, 0.3) is 5.91 Å². The van der Waals surface area contributed by atoms with Gasteiger partial charge in [-0.2, -0.15) is 0 Å². The zero-order valence-electron chi connectivity index (χ0n) is 15.3. The predicted octanol–water partition coefficient (Wildman–Crippen LogP) is 3.27. The first-order valence-corrected chi connectivity index (χ1v) is 8.33. The average Bonchev–Trinajstić information content (AvgIpc) is 2.74. The summed E-state index contributed by atoms with van der Waals surface area (Å²) >= 11 is 0. The summed E-state index contributed by atoms with van der Waals surface area (Å²) in [5.74, 6) is -0.0213. The highest BCUT2D eigenvalue weighted by Gasteiger charge is 2.15. The van der Waals surface area contributed by atoms with E-state index in [4.69, 9.17) is 9.47 Å². The summed E-state index contributed by atoms with van der Waals surface area (Å²) in [4.78, 5) is 32.6. The molecule has 1 amide bonds. The number of para-hydroxylation sites is 3. The number of aromatic nitrogens is 2. The quantitative estimate of drug-likeness (QED) is 0.635. The molecule has 0 saturated carbocycles. The number of hydrogen-bond acceptors (Lipinski definition) is 7. The minimum absolute atomic E-state index is 0.241. The van der Waals surface area contributed by atoms with Crippen molar-refractivity contribution in [1.82, 2.24) is 9.97 Å². The maximum absolute atomic E-state index is 12.5. The summed E-state index contributed by atoms with van der Waals surface area (Å²) in [6, 6.07) is 13.9. The van der Waals surface area contributed by atoms with Crippen molar-refractivity contribution in [2.24, 2.45) is 0 Å². The minimum atomic E-state index is -0.538. The summed E-state index contributed by atoms with van der Waals surface area (Å²) in [6.45, 7) is 0. The monoisotopic (exact) mass is 378 g/mol. The number of nitrogens with one attached hydrogen (secondary N) is 2. The van der Waals surface area contributed by atoms with Gasteiger partial charge < -0.3 is 20.1 Å². The number of anilines is 3. The highest BCUT2D eigenvalue weighted by molar-refractivity contribution is 6.07. The smallest absolute Gasteiger partial charge is 0.339 e. The molecule has 0 bridgehead atoms. The molecule has 8 nitrogen and oxygen atoms in total. The molecule has 0 spiro atoms. The molecule has 0 fully saturated rings. The molecule has 2 N–H and O–H groups in total. The van der Waals surface area contributed by atoms with Crippen molar-refractivity contribution in [3.8, 4) is 5.75 Å². The Bertz CT molecular complexity index is 990. The Morgan fingerprint density at radius 3 is 2.21 bits per heavy atom. The van der Waals surface area contributed by atoms with Gasteiger partial charge in [0.1, 0.15) is 5.75 Å². The maximum Gasteiger partial charge on any atom is 0.339 e. The normalized spacial score (nSPS) is 10.1. The van der Waals surface area contributed by atoms with E-state index in [1.54, 1.807) is 31.4 Å². The number of ether oxygens (including phenoxy) is 2. The molecule has 0 unspecified atom stereocenters. The van der Waals surface area contributed by atoms with Crippen molar-refractivity contribution in [1.29, 1.82) is 0 Å². The van der Waals surface area contributed by atoms with Crippen LogP contribution in [0.1, 0.15) is 20.7 Å². The van der Waals surface area contributed by atoms with E-state index in [0.29, 0.717) is 23.1 Å². The molecule has 3 rings (SSSR count). The molecule has 1 heterocycles. The molecule has 0 radical (unpaired) electrons. The topological polar surface area (TPSA) is 102 Å². The minimum Gasteiger partial charge on any atom is -0.495 e. The van der Waals surface area contributed by atoms with E-state index in [0.717, 1.165) is 0 Å². The number of nitrogens with zero attached hydrogens (tertiary/aromatic N) is 2. The van der Waals surface area contributed by atoms with E-state index in [-0.39, 0.29) is 11.1 Å². The van der Waals surface area contributed by atoms with Crippen LogP contribution in [0.4, 0.5) is 17.3 Å². The van der Waals surface area contributed by atoms with Crippen molar-refractivity contribution in [2.45, 2.75) is 0 Å². The Morgan fingerprint density at radius 1 is 0.893 bits per heavy atom. The Morgan fingerprint density at radius 2 is 1.54 bits per heavy atom. The van der Waals surface area contributed by atoms with Crippen LogP contribution in [-0.2, 0) is 4.74 Å². The van der Waals surface area contributed by atoms with Crippen molar-refractivity contribution < 1.29 is 19.1 Å². The molecule has 0 aliphatic carbocycles. The number of hydrogen-bond donors (Lipinski definition) is 2. The van der Waals surface area contributed by atoms with Crippen molar-refractivity contribution >= 4 is 29.2 Å². The van der Waals surface area contributed by atoms with Gasteiger partial charge in [0.2, 0.25) is 5.95 Å². The summed E-state index contributed by atoms with van der Waals surface area (Å²) in [7, 11) is 2.85. The van der Waals surface area contributed by atoms with Crippen LogP contribution in [0.5, 0.6) is 5.75 Å². The van der Waals surface area contributed by atoms with Crippen LogP contribution in [0.3, 0.4) is 0 Å². The number of esters is 1. The third-order valence-electron chi connectivity index (χ3n) is 3.85. The fraction of sp³-hybridized carbons (Fsp3) is 0.100. The van der Waals surface area contributed by atoms with Crippen LogP contribution in [0, 0.1) is 0 Å². The molecule has 8 heteroatoms. The number of amides is 1. The second-order valence-electron chi connectivity index (χ2n) is 5.61. The lowest BCUT2D eigenvalue weighted by Crippen LogP contribution is -2.16. The molecule has 28 heavy (non-hydrogen) atoms. The zero-order chi connectivity index (χ0) is 19.9. The molecular weight excluding hydrogens is 360 g/mol. The van der Waals surface area contributed by atoms with E-state index in [9.17, 15) is 9.59 Å². The van der Waals surface area contributed by atoms with Crippen LogP contribution in [0.2, 0.25) is 0 Å². The van der Waals surface area contributed by atoms with Crippen LogP contribution >= 0.6 is 0 Å². The molecule has 0 aliphatic rings. The Labute approximate surface area is 161 Å². The van der Waals surface area contributed by atoms with Crippen molar-refractivity contribution in [3.63, 3.8) is 0 Å². The second kappa shape index (κ2) is 8.63. The molecule has 1 aromatic heterocycles. The SMILES string of the molecule is COC(=O)c1ccccc1NC(=O)c1cnc(Nc2ccccc2OC)nc1. The highest BCUT2D eigenvalue weighted by Crippen LogP contribution is 2.25. The number of rotatable bonds is 6. The number of carbonyl (C=O) groups excluding carboxylic acids is 2. The summed E-state index contributed by atoms with van der Waals surface area (Å²) in [5.41, 5.74) is 1.55. The summed E-state index contributed by atoms with van der Waals surface area (Å²) in [5, 5.41) is 5.70. The molecule has 0 atom stereocenters. The first kappa shape index (κ1) is 18.8. The first-order chi connectivity index (χ1) is 13.6. The Hall–Kier alpha value is -3.94. The Balaban J connectivity index is 1.73. The van der Waals surface area contributed by atoms with Crippen molar-refractivity contribution in [2.75, 3.05) is 24.9 Å². The van der Waals surface area contributed by atoms with E-state index >= 15 is 0 Å². The van der Waals surface area contributed by atoms with Gasteiger partial charge in [0, 0.05) is 12.4 Å². The third kappa shape index (κ3) is 4.24. The fourth-order valence-corrected chi connectivity index (χ4v) is 2.45. The van der Waals surface area contributed by atoms with Gasteiger partial charge in [-0.25, -0.2) is 14.8 Å². The Kier molecular flexibility index (Phi) is 5.81. The molecule has 142 valence electrons. The predicted molar refractivity (Wildman–Crippen MR) is 104 cm³/mol. The fourth-order valence-electron chi connectivity index (χ4n) is 2.45. The molecular formula is C20H18N4O4. The lowest BCUT2D eigenvalue weighted by atomic mass is 10.1. The van der Waals surface area contributed by atoms with Crippen molar-refractivity contribution in [3.05, 3.63) is 72.1 Å². The van der Waals surface area contributed by atoms with Gasteiger partial charge in [0.15, 0.2) is 0 Å². The number of methoxy groups -OCH3 is 2. The van der Waals surface area contributed by atoms with E-state index in [2.05, 4.69) is 20.6 Å². The summed E-state index contributed by atoms with van der Waals surface area (Å²) < 4.78 is 9.99. The highest BCUT2D eigenvalue weighted by atomic mass is 16.5.